The second kappa shape index (κ2) is 3.53. The van der Waals surface area contributed by atoms with Crippen molar-refractivity contribution in [3.63, 3.8) is 0 Å². The lowest BCUT2D eigenvalue weighted by molar-refractivity contribution is -0.148. The minimum absolute atomic E-state index is 0.0109. The molecule has 0 amide bonds. The predicted molar refractivity (Wildman–Crippen MR) is 36.3 cm³/mol. The Morgan fingerprint density at radius 1 is 1.70 bits per heavy atom. The highest BCUT2D eigenvalue weighted by molar-refractivity contribution is 5.71. The van der Waals surface area contributed by atoms with Gasteiger partial charge >= 0.3 is 5.97 Å². The Bertz CT molecular complexity index is 117. The molecule has 0 aliphatic heterocycles. The molecular weight excluding hydrogens is 134 g/mol. The molecule has 10 heavy (non-hydrogen) atoms. The maximum atomic E-state index is 10.4. The number of carbonyl (C=O) groups is 1. The van der Waals surface area contributed by atoms with Crippen molar-refractivity contribution in [2.75, 3.05) is 13.2 Å². The van der Waals surface area contributed by atoms with Gasteiger partial charge in [0.15, 0.2) is 0 Å². The Morgan fingerprint density at radius 3 is 2.50 bits per heavy atom. The van der Waals surface area contributed by atoms with Gasteiger partial charge in [-0.2, -0.15) is 0 Å². The third-order valence-corrected chi connectivity index (χ3v) is 0.753. The number of hydrogen-bond donors (Lipinski definition) is 2. The van der Waals surface area contributed by atoms with Crippen LogP contribution in [0.4, 0.5) is 0 Å². The number of nitrogens with two attached hydrogens (primary N) is 1. The van der Waals surface area contributed by atoms with Crippen LogP contribution in [0.3, 0.4) is 0 Å². The molecule has 0 spiro atoms. The summed E-state index contributed by atoms with van der Waals surface area (Å²) in [5.74, 6) is -0.498. The molecule has 3 N–H and O–H groups in total. The topological polar surface area (TPSA) is 72.5 Å². The van der Waals surface area contributed by atoms with Crippen molar-refractivity contribution in [1.82, 2.24) is 0 Å². The van der Waals surface area contributed by atoms with E-state index >= 15 is 0 Å². The van der Waals surface area contributed by atoms with Gasteiger partial charge in [-0.25, -0.2) is 0 Å². The van der Waals surface area contributed by atoms with Crippen molar-refractivity contribution >= 4 is 5.97 Å². The van der Waals surface area contributed by atoms with Crippen LogP contribution in [-0.4, -0.2) is 29.8 Å². The van der Waals surface area contributed by atoms with Crippen molar-refractivity contribution in [2.24, 2.45) is 5.73 Å². The number of esters is 1. The van der Waals surface area contributed by atoms with E-state index in [1.54, 1.807) is 13.8 Å². The summed E-state index contributed by atoms with van der Waals surface area (Å²) in [6.45, 7) is 2.95. The molecule has 0 aliphatic rings. The van der Waals surface area contributed by atoms with Gasteiger partial charge in [-0.15, -0.1) is 0 Å². The molecule has 0 aromatic carbocycles. The van der Waals surface area contributed by atoms with Crippen LogP contribution in [0.5, 0.6) is 0 Å². The number of aliphatic hydroxyl groups is 1. The molecule has 0 saturated carbocycles. The normalized spacial score (nSPS) is 11.2. The van der Waals surface area contributed by atoms with Gasteiger partial charge in [-0.3, -0.25) is 4.79 Å². The van der Waals surface area contributed by atoms with E-state index in [0.29, 0.717) is 0 Å². The zero-order valence-electron chi connectivity index (χ0n) is 6.26. The summed E-state index contributed by atoms with van der Waals surface area (Å²) in [5, 5.41) is 9.04. The van der Waals surface area contributed by atoms with Crippen LogP contribution in [0.2, 0.25) is 0 Å². The number of ether oxygens (including phenoxy) is 1. The first-order valence-corrected chi connectivity index (χ1v) is 3.04. The van der Waals surface area contributed by atoms with E-state index in [1.807, 2.05) is 0 Å². The Kier molecular flexibility index (Phi) is 3.32. The first-order chi connectivity index (χ1) is 4.45. The molecule has 0 heterocycles. The lowest BCUT2D eigenvalue weighted by atomic mass is 10.2. The van der Waals surface area contributed by atoms with Crippen molar-refractivity contribution in [2.45, 2.75) is 19.4 Å². The lowest BCUT2D eigenvalue weighted by Gasteiger charge is -2.15. The summed E-state index contributed by atoms with van der Waals surface area (Å²) < 4.78 is 4.54. The molecule has 0 rings (SSSR count). The van der Waals surface area contributed by atoms with Gasteiger partial charge in [0.2, 0.25) is 0 Å². The minimum atomic E-state index is -0.967. The van der Waals surface area contributed by atoms with Gasteiger partial charge in [0.05, 0.1) is 12.1 Å². The van der Waals surface area contributed by atoms with Crippen LogP contribution < -0.4 is 5.73 Å². The fourth-order valence-corrected chi connectivity index (χ4v) is 0.316. The fraction of sp³-hybridized carbons (Fsp3) is 0.833. The summed E-state index contributed by atoms with van der Waals surface area (Å²) in [4.78, 5) is 10.4. The third-order valence-electron chi connectivity index (χ3n) is 0.753. The molecule has 0 bridgehead atoms. The van der Waals surface area contributed by atoms with Gasteiger partial charge in [-0.1, -0.05) is 0 Å². The predicted octanol–water partition coefficient (Wildman–Crippen LogP) is -0.741. The Morgan fingerprint density at radius 2 is 2.20 bits per heavy atom. The van der Waals surface area contributed by atoms with Gasteiger partial charge in [0, 0.05) is 0 Å². The summed E-state index contributed by atoms with van der Waals surface area (Å²) in [6.07, 6.45) is 0. The van der Waals surface area contributed by atoms with Crippen LogP contribution >= 0.6 is 0 Å². The van der Waals surface area contributed by atoms with E-state index in [2.05, 4.69) is 4.74 Å². The highest BCUT2D eigenvalue weighted by atomic mass is 16.5. The molecule has 4 nitrogen and oxygen atoms in total. The molecular formula is C6H13NO3. The summed E-state index contributed by atoms with van der Waals surface area (Å²) in [5.41, 5.74) is 3.98. The van der Waals surface area contributed by atoms with Crippen LogP contribution in [0.25, 0.3) is 0 Å². The average Bonchev–Trinajstić information content (AvgIpc) is 1.81. The van der Waals surface area contributed by atoms with Gasteiger partial charge in [0.1, 0.15) is 6.61 Å². The van der Waals surface area contributed by atoms with Crippen LogP contribution in [0.15, 0.2) is 0 Å². The van der Waals surface area contributed by atoms with Gasteiger partial charge in [0.25, 0.3) is 0 Å². The molecule has 0 aliphatic carbocycles. The second-order valence-electron chi connectivity index (χ2n) is 2.68. The molecule has 0 radical (unpaired) electrons. The van der Waals surface area contributed by atoms with E-state index in [0.717, 1.165) is 0 Å². The zero-order valence-corrected chi connectivity index (χ0v) is 6.26. The highest BCUT2D eigenvalue weighted by Crippen LogP contribution is 2.00. The highest BCUT2D eigenvalue weighted by Gasteiger charge is 2.14. The van der Waals surface area contributed by atoms with Crippen LogP contribution in [0, 0.1) is 0 Å². The first kappa shape index (κ1) is 9.39. The molecule has 0 fully saturated rings. The molecule has 0 saturated heterocycles. The maximum absolute atomic E-state index is 10.4. The minimum Gasteiger partial charge on any atom is -0.462 e. The standard InChI is InChI=1S/C6H13NO3/c1-6(2,9)4-10-5(8)3-7/h9H,3-4,7H2,1-2H3. The van der Waals surface area contributed by atoms with E-state index < -0.39 is 11.6 Å². The quantitative estimate of drug-likeness (QED) is 0.516. The molecule has 0 atom stereocenters. The largest absolute Gasteiger partial charge is 0.462 e. The second-order valence-corrected chi connectivity index (χ2v) is 2.68. The molecule has 4 heteroatoms. The van der Waals surface area contributed by atoms with Crippen molar-refractivity contribution in [1.29, 1.82) is 0 Å². The molecule has 60 valence electrons. The Hall–Kier alpha value is -0.610. The molecule has 0 unspecified atom stereocenters. The monoisotopic (exact) mass is 147 g/mol. The number of carbonyl (C=O) groups excluding carboxylic acids is 1. The van der Waals surface area contributed by atoms with E-state index in [9.17, 15) is 4.79 Å². The number of hydrogen-bond acceptors (Lipinski definition) is 4. The van der Waals surface area contributed by atoms with Crippen molar-refractivity contribution in [3.8, 4) is 0 Å². The Labute approximate surface area is 60.0 Å². The summed E-state index contributed by atoms with van der Waals surface area (Å²) in [7, 11) is 0. The van der Waals surface area contributed by atoms with Gasteiger partial charge < -0.3 is 15.6 Å². The summed E-state index contributed by atoms with van der Waals surface area (Å²) in [6, 6.07) is 0. The molecule has 0 aromatic rings. The third kappa shape index (κ3) is 5.53. The SMILES string of the molecule is CC(C)(O)COC(=O)CN. The van der Waals surface area contributed by atoms with E-state index in [-0.39, 0.29) is 13.2 Å². The number of rotatable bonds is 3. The lowest BCUT2D eigenvalue weighted by Crippen LogP contribution is -2.30. The molecule has 0 aromatic heterocycles. The van der Waals surface area contributed by atoms with Crippen LogP contribution in [-0.2, 0) is 9.53 Å². The fourth-order valence-electron chi connectivity index (χ4n) is 0.316. The maximum Gasteiger partial charge on any atom is 0.319 e. The van der Waals surface area contributed by atoms with Crippen LogP contribution in [0.1, 0.15) is 13.8 Å². The summed E-state index contributed by atoms with van der Waals surface area (Å²) >= 11 is 0. The first-order valence-electron chi connectivity index (χ1n) is 3.04. The Balaban J connectivity index is 3.46. The average molecular weight is 147 g/mol. The van der Waals surface area contributed by atoms with E-state index in [1.165, 1.54) is 0 Å². The van der Waals surface area contributed by atoms with Crippen molar-refractivity contribution < 1.29 is 14.6 Å². The van der Waals surface area contributed by atoms with Gasteiger partial charge in [-0.05, 0) is 13.8 Å². The van der Waals surface area contributed by atoms with Crippen molar-refractivity contribution in [3.05, 3.63) is 0 Å². The zero-order chi connectivity index (χ0) is 8.20. The smallest absolute Gasteiger partial charge is 0.319 e. The van der Waals surface area contributed by atoms with E-state index in [4.69, 9.17) is 10.8 Å².